The smallest absolute Gasteiger partial charge is 0.411 e. The Bertz CT molecular complexity index is 1310. The second-order valence-corrected chi connectivity index (χ2v) is 12.1. The lowest BCUT2D eigenvalue weighted by molar-refractivity contribution is -0.385. The lowest BCUT2D eigenvalue weighted by Gasteiger charge is -2.37. The standard InChI is InChI=1S/C16H22N4O4.C15H20N4O5/c1-2-15-11-19(16(21)24-15)12-17-7-9-18(10-8-17)13-3-5-14(6-4-13)20(22)23;20-10-14-9-18(15(21)24-14)11-16-5-7-17(8-6-16)12-1-3-13(4-2-12)19(22)23/h3-6,15H,2,7-12H2,1H3;1-4,14,20H,5-11H2/t15-;14-/m01/s1. The van der Waals surface area contributed by atoms with Gasteiger partial charge in [-0.15, -0.1) is 0 Å². The zero-order valence-electron chi connectivity index (χ0n) is 27.0. The zero-order valence-corrected chi connectivity index (χ0v) is 27.0. The minimum Gasteiger partial charge on any atom is -0.444 e. The monoisotopic (exact) mass is 670 g/mol. The Kier molecular flexibility index (Phi) is 11.5. The van der Waals surface area contributed by atoms with Crippen LogP contribution in [0.3, 0.4) is 0 Å². The van der Waals surface area contributed by atoms with E-state index in [1.165, 1.54) is 24.3 Å². The molecule has 6 rings (SSSR count). The first-order valence-corrected chi connectivity index (χ1v) is 16.1. The molecule has 17 heteroatoms. The van der Waals surface area contributed by atoms with Crippen LogP contribution in [0.4, 0.5) is 32.3 Å². The number of nitrogens with zero attached hydrogens (tertiary/aromatic N) is 8. The van der Waals surface area contributed by atoms with E-state index in [0.717, 1.165) is 70.2 Å². The lowest BCUT2D eigenvalue weighted by Crippen LogP contribution is -2.50. The van der Waals surface area contributed by atoms with Crippen molar-refractivity contribution < 1.29 is 34.0 Å². The van der Waals surface area contributed by atoms with Gasteiger partial charge in [0, 0.05) is 88.0 Å². The van der Waals surface area contributed by atoms with Gasteiger partial charge in [-0.25, -0.2) is 9.59 Å². The number of hydrogen-bond acceptors (Lipinski definition) is 13. The van der Waals surface area contributed by atoms with Crippen LogP contribution in [0.5, 0.6) is 0 Å². The molecule has 0 saturated carbocycles. The van der Waals surface area contributed by atoms with Gasteiger partial charge in [0.2, 0.25) is 0 Å². The molecule has 0 bridgehead atoms. The van der Waals surface area contributed by atoms with Gasteiger partial charge in [0.15, 0.2) is 0 Å². The maximum Gasteiger partial charge on any atom is 0.411 e. The van der Waals surface area contributed by atoms with Crippen LogP contribution >= 0.6 is 0 Å². The van der Waals surface area contributed by atoms with E-state index in [1.54, 1.807) is 34.1 Å². The number of non-ortho nitro benzene ring substituents is 2. The molecular weight excluding hydrogens is 628 g/mol. The Hall–Kier alpha value is -4.74. The van der Waals surface area contributed by atoms with Crippen LogP contribution in [0.1, 0.15) is 13.3 Å². The number of aliphatic hydroxyl groups excluding tert-OH is 1. The summed E-state index contributed by atoms with van der Waals surface area (Å²) in [6, 6.07) is 13.2. The summed E-state index contributed by atoms with van der Waals surface area (Å²) < 4.78 is 10.3. The van der Waals surface area contributed by atoms with E-state index in [4.69, 9.17) is 14.6 Å². The summed E-state index contributed by atoms with van der Waals surface area (Å²) in [5, 5.41) is 30.5. The first kappa shape index (κ1) is 34.6. The van der Waals surface area contributed by atoms with Gasteiger partial charge < -0.3 is 24.4 Å². The highest BCUT2D eigenvalue weighted by atomic mass is 16.6. The van der Waals surface area contributed by atoms with Crippen molar-refractivity contribution in [1.29, 1.82) is 0 Å². The van der Waals surface area contributed by atoms with Gasteiger partial charge in [-0.05, 0) is 30.7 Å². The molecule has 0 spiro atoms. The molecule has 48 heavy (non-hydrogen) atoms. The lowest BCUT2D eigenvalue weighted by atomic mass is 10.2. The minimum absolute atomic E-state index is 0.0129. The van der Waals surface area contributed by atoms with Gasteiger partial charge in [-0.1, -0.05) is 6.92 Å². The number of amides is 2. The highest BCUT2D eigenvalue weighted by Crippen LogP contribution is 2.23. The third kappa shape index (κ3) is 8.78. The van der Waals surface area contributed by atoms with E-state index in [1.807, 2.05) is 6.92 Å². The SMILES string of the molecule is CC[C@H]1CN(CN2CCN(c3ccc([N+](=O)[O-])cc3)CC2)C(=O)O1.O=C1O[C@@H](CO)CN1CN1CCN(c2ccc([N+](=O)[O-])cc2)CC1. The van der Waals surface area contributed by atoms with Crippen molar-refractivity contribution in [3.63, 3.8) is 0 Å². The Morgan fingerprint density at radius 2 is 1.04 bits per heavy atom. The predicted octanol–water partition coefficient (Wildman–Crippen LogP) is 2.39. The average molecular weight is 671 g/mol. The fraction of sp³-hybridized carbons (Fsp3) is 0.548. The molecule has 2 aromatic rings. The number of rotatable bonds is 10. The van der Waals surface area contributed by atoms with Gasteiger partial charge in [0.05, 0.1) is 42.9 Å². The molecule has 2 atom stereocenters. The number of nitro benzene ring substituents is 2. The summed E-state index contributed by atoms with van der Waals surface area (Å²) in [6.45, 7) is 10.5. The number of ether oxygens (including phenoxy) is 2. The summed E-state index contributed by atoms with van der Waals surface area (Å²) in [6.07, 6.45) is -0.180. The van der Waals surface area contributed by atoms with Crippen LogP contribution in [0.15, 0.2) is 48.5 Å². The summed E-state index contributed by atoms with van der Waals surface area (Å²) in [7, 11) is 0. The normalized spacial score (nSPS) is 21.9. The summed E-state index contributed by atoms with van der Waals surface area (Å²) in [5.41, 5.74) is 2.15. The summed E-state index contributed by atoms with van der Waals surface area (Å²) in [5.74, 6) is 0. The molecule has 4 fully saturated rings. The Morgan fingerprint density at radius 3 is 1.35 bits per heavy atom. The Labute approximate surface area is 278 Å². The molecule has 1 N–H and O–H groups in total. The molecule has 2 amide bonds. The van der Waals surface area contributed by atoms with Gasteiger partial charge in [0.1, 0.15) is 12.2 Å². The second kappa shape index (κ2) is 15.9. The van der Waals surface area contributed by atoms with Crippen LogP contribution in [0.25, 0.3) is 0 Å². The maximum atomic E-state index is 11.8. The van der Waals surface area contributed by atoms with E-state index in [9.17, 15) is 29.8 Å². The second-order valence-electron chi connectivity index (χ2n) is 12.1. The van der Waals surface area contributed by atoms with E-state index in [0.29, 0.717) is 26.4 Å². The minimum atomic E-state index is -0.432. The first-order chi connectivity index (χ1) is 23.1. The third-order valence-electron chi connectivity index (χ3n) is 8.90. The molecule has 0 aliphatic carbocycles. The van der Waals surface area contributed by atoms with E-state index < -0.39 is 11.0 Å². The molecule has 4 aliphatic rings. The molecule has 0 aromatic heterocycles. The number of cyclic esters (lactones) is 2. The molecular formula is C31H42N8O9. The number of nitro groups is 2. The summed E-state index contributed by atoms with van der Waals surface area (Å²) in [4.78, 5) is 56.2. The van der Waals surface area contributed by atoms with Crippen molar-refractivity contribution in [2.75, 3.05) is 95.2 Å². The Morgan fingerprint density at radius 1 is 0.667 bits per heavy atom. The van der Waals surface area contributed by atoms with Crippen LogP contribution in [-0.2, 0) is 9.47 Å². The van der Waals surface area contributed by atoms with Gasteiger partial charge in [0.25, 0.3) is 11.4 Å². The zero-order chi connectivity index (χ0) is 34.2. The number of carbonyl (C=O) groups excluding carboxylic acids is 2. The molecule has 4 aliphatic heterocycles. The maximum absolute atomic E-state index is 11.8. The first-order valence-electron chi connectivity index (χ1n) is 16.1. The van der Waals surface area contributed by atoms with Crippen molar-refractivity contribution >= 4 is 34.9 Å². The largest absolute Gasteiger partial charge is 0.444 e. The van der Waals surface area contributed by atoms with Crippen LogP contribution in [0.2, 0.25) is 0 Å². The highest BCUT2D eigenvalue weighted by molar-refractivity contribution is 5.70. The fourth-order valence-corrected chi connectivity index (χ4v) is 6.04. The molecule has 4 saturated heterocycles. The third-order valence-corrected chi connectivity index (χ3v) is 8.90. The highest BCUT2D eigenvalue weighted by Gasteiger charge is 2.33. The molecule has 2 aromatic carbocycles. The van der Waals surface area contributed by atoms with Gasteiger partial charge >= 0.3 is 12.2 Å². The van der Waals surface area contributed by atoms with Crippen LogP contribution in [0, 0.1) is 20.2 Å². The van der Waals surface area contributed by atoms with Gasteiger partial charge in [-0.3, -0.25) is 39.8 Å². The number of carbonyl (C=O) groups is 2. The van der Waals surface area contributed by atoms with Crippen molar-refractivity contribution in [3.05, 3.63) is 68.8 Å². The summed E-state index contributed by atoms with van der Waals surface area (Å²) >= 11 is 0. The fourth-order valence-electron chi connectivity index (χ4n) is 6.04. The van der Waals surface area contributed by atoms with Gasteiger partial charge in [-0.2, -0.15) is 0 Å². The molecule has 260 valence electrons. The van der Waals surface area contributed by atoms with E-state index in [2.05, 4.69) is 19.6 Å². The van der Waals surface area contributed by atoms with Crippen LogP contribution < -0.4 is 9.80 Å². The number of benzene rings is 2. The van der Waals surface area contributed by atoms with Crippen molar-refractivity contribution in [3.8, 4) is 0 Å². The number of piperazine rings is 2. The predicted molar refractivity (Wildman–Crippen MR) is 175 cm³/mol. The Balaban J connectivity index is 0.000000188. The number of hydrogen-bond donors (Lipinski definition) is 1. The van der Waals surface area contributed by atoms with Crippen LogP contribution in [-0.4, -0.2) is 144 Å². The molecule has 17 nitrogen and oxygen atoms in total. The molecule has 0 radical (unpaired) electrons. The quantitative estimate of drug-likeness (QED) is 0.288. The number of anilines is 2. The van der Waals surface area contributed by atoms with E-state index >= 15 is 0 Å². The topological polar surface area (TPSA) is 179 Å². The van der Waals surface area contributed by atoms with Crippen molar-refractivity contribution in [2.45, 2.75) is 25.6 Å². The van der Waals surface area contributed by atoms with E-state index in [-0.39, 0.29) is 41.2 Å². The number of aliphatic hydroxyl groups is 1. The molecule has 0 unspecified atom stereocenters. The average Bonchev–Trinajstić information content (AvgIpc) is 3.65. The van der Waals surface area contributed by atoms with Crippen molar-refractivity contribution in [1.82, 2.24) is 19.6 Å². The van der Waals surface area contributed by atoms with Crippen molar-refractivity contribution in [2.24, 2.45) is 0 Å². The molecule has 4 heterocycles.